The number of fused-ring (bicyclic) bond motifs is 1. The van der Waals surface area contributed by atoms with E-state index >= 15 is 0 Å². The minimum Gasteiger partial charge on any atom is -0.493 e. The van der Waals surface area contributed by atoms with Gasteiger partial charge >= 0.3 is 0 Å². The molecule has 6 nitrogen and oxygen atoms in total. The molecule has 32 heavy (non-hydrogen) atoms. The maximum Gasteiger partial charge on any atom is 0.219 e. The van der Waals surface area contributed by atoms with Crippen molar-refractivity contribution in [2.45, 2.75) is 45.6 Å². The predicted octanol–water partition coefficient (Wildman–Crippen LogP) is 4.70. The fourth-order valence-corrected chi connectivity index (χ4v) is 3.68. The van der Waals surface area contributed by atoms with Gasteiger partial charge < -0.3 is 19.4 Å². The van der Waals surface area contributed by atoms with E-state index in [4.69, 9.17) is 14.5 Å². The molecular formula is C26H33N3O3. The number of ether oxygens (including phenoxy) is 2. The summed E-state index contributed by atoms with van der Waals surface area (Å²) in [4.78, 5) is 16.3. The number of hydrogen-bond donors (Lipinski definition) is 1. The summed E-state index contributed by atoms with van der Waals surface area (Å²) in [5.41, 5.74) is 3.27. The molecule has 1 N–H and O–H groups in total. The molecule has 170 valence electrons. The Labute approximate surface area is 190 Å². The van der Waals surface area contributed by atoms with Gasteiger partial charge in [-0.05, 0) is 49.1 Å². The van der Waals surface area contributed by atoms with E-state index in [2.05, 4.69) is 22.5 Å². The van der Waals surface area contributed by atoms with Gasteiger partial charge in [0.1, 0.15) is 5.82 Å². The molecule has 2 aromatic carbocycles. The molecular weight excluding hydrogens is 402 g/mol. The summed E-state index contributed by atoms with van der Waals surface area (Å²) >= 11 is 0. The molecule has 0 spiro atoms. The minimum atomic E-state index is 0.0674. The number of carbonyl (C=O) groups is 1. The number of nitrogens with one attached hydrogen (secondary N) is 1. The summed E-state index contributed by atoms with van der Waals surface area (Å²) in [7, 11) is 1.66. The normalized spacial score (nSPS) is 10.8. The summed E-state index contributed by atoms with van der Waals surface area (Å²) in [6.45, 7) is 7.71. The van der Waals surface area contributed by atoms with Crippen LogP contribution in [0, 0.1) is 0 Å². The van der Waals surface area contributed by atoms with Gasteiger partial charge in [-0.3, -0.25) is 4.79 Å². The molecule has 1 aromatic heterocycles. The molecule has 6 heteroatoms. The summed E-state index contributed by atoms with van der Waals surface area (Å²) in [6, 6.07) is 14.2. The van der Waals surface area contributed by atoms with Crippen molar-refractivity contribution in [3.8, 4) is 11.5 Å². The van der Waals surface area contributed by atoms with Gasteiger partial charge in [-0.25, -0.2) is 4.98 Å². The molecule has 1 amide bonds. The number of aromatic nitrogens is 2. The van der Waals surface area contributed by atoms with Crippen LogP contribution in [0.4, 0.5) is 0 Å². The largest absolute Gasteiger partial charge is 0.493 e. The molecule has 0 atom stereocenters. The molecule has 1 heterocycles. The molecule has 0 fully saturated rings. The third kappa shape index (κ3) is 6.13. The average Bonchev–Trinajstić information content (AvgIpc) is 3.16. The minimum absolute atomic E-state index is 0.0674. The highest BCUT2D eigenvalue weighted by atomic mass is 16.5. The van der Waals surface area contributed by atoms with E-state index in [9.17, 15) is 4.79 Å². The van der Waals surface area contributed by atoms with Crippen LogP contribution in [0.2, 0.25) is 0 Å². The van der Waals surface area contributed by atoms with Gasteiger partial charge in [0.2, 0.25) is 5.91 Å². The summed E-state index contributed by atoms with van der Waals surface area (Å²) in [5.74, 6) is 2.59. The van der Waals surface area contributed by atoms with E-state index < -0.39 is 0 Å². The number of aryl methyl sites for hydroxylation is 1. The van der Waals surface area contributed by atoms with Crippen molar-refractivity contribution >= 4 is 16.9 Å². The average molecular weight is 436 g/mol. The number of rotatable bonds is 13. The number of methoxy groups -OCH3 is 1. The van der Waals surface area contributed by atoms with Crippen LogP contribution in [0.25, 0.3) is 11.0 Å². The van der Waals surface area contributed by atoms with Crippen LogP contribution in [0.1, 0.15) is 37.6 Å². The number of benzene rings is 2. The first kappa shape index (κ1) is 23.4. The summed E-state index contributed by atoms with van der Waals surface area (Å²) < 4.78 is 13.7. The van der Waals surface area contributed by atoms with Crippen molar-refractivity contribution in [3.63, 3.8) is 0 Å². The molecule has 0 aliphatic heterocycles. The number of unbranched alkanes of at least 4 members (excludes halogenated alkanes) is 1. The zero-order valence-electron chi connectivity index (χ0n) is 19.1. The highest BCUT2D eigenvalue weighted by molar-refractivity contribution is 5.76. The zero-order chi connectivity index (χ0) is 22.8. The standard InChI is InChI=1S/C26H33N3O3/c1-4-10-20-13-14-23(24(19-20)31-3)32-18-9-8-17-29-22-12-7-6-11-21(22)28-25(29)15-16-27-26(30)5-2/h4,6-7,11-14,19H,1,5,8-10,15-18H2,2-3H3,(H,27,30). The quantitative estimate of drug-likeness (QED) is 0.312. The smallest absolute Gasteiger partial charge is 0.219 e. The van der Waals surface area contributed by atoms with Crippen LogP contribution in [0.3, 0.4) is 0 Å². The first-order valence-electron chi connectivity index (χ1n) is 11.3. The lowest BCUT2D eigenvalue weighted by atomic mass is 10.1. The number of para-hydroxylation sites is 2. The molecule has 0 bridgehead atoms. The van der Waals surface area contributed by atoms with Gasteiger partial charge in [0.15, 0.2) is 11.5 Å². The SMILES string of the molecule is C=CCc1ccc(OCCCCn2c(CCNC(=O)CC)nc3ccccc32)c(OC)c1. The Morgan fingerprint density at radius 3 is 2.81 bits per heavy atom. The Morgan fingerprint density at radius 1 is 1.19 bits per heavy atom. The van der Waals surface area contributed by atoms with Gasteiger partial charge in [0, 0.05) is 25.9 Å². The van der Waals surface area contributed by atoms with E-state index in [0.29, 0.717) is 26.0 Å². The second kappa shape index (κ2) is 11.9. The maximum absolute atomic E-state index is 11.6. The molecule has 0 aliphatic carbocycles. The fourth-order valence-electron chi connectivity index (χ4n) is 3.68. The first-order valence-corrected chi connectivity index (χ1v) is 11.3. The fraction of sp³-hybridized carbons (Fsp3) is 0.385. The van der Waals surface area contributed by atoms with Crippen molar-refractivity contribution in [2.24, 2.45) is 0 Å². The van der Waals surface area contributed by atoms with Crippen molar-refractivity contribution < 1.29 is 14.3 Å². The van der Waals surface area contributed by atoms with E-state index in [1.54, 1.807) is 7.11 Å². The van der Waals surface area contributed by atoms with Gasteiger partial charge in [-0.15, -0.1) is 6.58 Å². The number of imidazole rings is 1. The van der Waals surface area contributed by atoms with Gasteiger partial charge in [-0.1, -0.05) is 31.2 Å². The van der Waals surface area contributed by atoms with Gasteiger partial charge in [0.25, 0.3) is 0 Å². The van der Waals surface area contributed by atoms with Crippen LogP contribution >= 0.6 is 0 Å². The highest BCUT2D eigenvalue weighted by Gasteiger charge is 2.11. The molecule has 3 aromatic rings. The predicted molar refractivity (Wildman–Crippen MR) is 128 cm³/mol. The number of amides is 1. The van der Waals surface area contributed by atoms with Crippen molar-refractivity contribution in [1.82, 2.24) is 14.9 Å². The van der Waals surface area contributed by atoms with Gasteiger partial charge in [0.05, 0.1) is 24.8 Å². The molecule has 0 saturated carbocycles. The van der Waals surface area contributed by atoms with Crippen molar-refractivity contribution in [3.05, 3.63) is 66.5 Å². The van der Waals surface area contributed by atoms with Crippen LogP contribution < -0.4 is 14.8 Å². The van der Waals surface area contributed by atoms with Crippen LogP contribution in [-0.4, -0.2) is 35.7 Å². The number of allylic oxidation sites excluding steroid dienone is 1. The van der Waals surface area contributed by atoms with Crippen LogP contribution in [0.5, 0.6) is 11.5 Å². The lowest BCUT2D eigenvalue weighted by Gasteiger charge is -2.13. The summed E-state index contributed by atoms with van der Waals surface area (Å²) in [6.07, 6.45) is 5.77. The topological polar surface area (TPSA) is 65.4 Å². The molecule has 0 saturated heterocycles. The maximum atomic E-state index is 11.6. The Kier molecular flexibility index (Phi) is 8.72. The third-order valence-corrected chi connectivity index (χ3v) is 5.37. The second-order valence-corrected chi connectivity index (χ2v) is 7.66. The molecule has 0 unspecified atom stereocenters. The Hall–Kier alpha value is -3.28. The highest BCUT2D eigenvalue weighted by Crippen LogP contribution is 2.28. The van der Waals surface area contributed by atoms with E-state index in [1.165, 1.54) is 0 Å². The number of carbonyl (C=O) groups excluding carboxylic acids is 1. The third-order valence-electron chi connectivity index (χ3n) is 5.37. The van der Waals surface area contributed by atoms with Crippen LogP contribution in [0.15, 0.2) is 55.1 Å². The first-order chi connectivity index (χ1) is 15.7. The van der Waals surface area contributed by atoms with Crippen LogP contribution in [-0.2, 0) is 24.2 Å². The number of hydrogen-bond acceptors (Lipinski definition) is 4. The van der Waals surface area contributed by atoms with E-state index in [1.807, 2.05) is 49.4 Å². The lowest BCUT2D eigenvalue weighted by molar-refractivity contribution is -0.120. The monoisotopic (exact) mass is 435 g/mol. The van der Waals surface area contributed by atoms with Crippen molar-refractivity contribution in [2.75, 3.05) is 20.3 Å². The Balaban J connectivity index is 1.56. The molecule has 0 radical (unpaired) electrons. The van der Waals surface area contributed by atoms with E-state index in [0.717, 1.165) is 59.7 Å². The number of nitrogens with zero attached hydrogens (tertiary/aromatic N) is 2. The molecule has 0 aliphatic rings. The summed E-state index contributed by atoms with van der Waals surface area (Å²) in [5, 5.41) is 2.94. The second-order valence-electron chi connectivity index (χ2n) is 7.66. The Bertz CT molecular complexity index is 1040. The van der Waals surface area contributed by atoms with Gasteiger partial charge in [-0.2, -0.15) is 0 Å². The lowest BCUT2D eigenvalue weighted by Crippen LogP contribution is -2.25. The Morgan fingerprint density at radius 2 is 2.03 bits per heavy atom. The molecule has 3 rings (SSSR count). The zero-order valence-corrected chi connectivity index (χ0v) is 19.1. The van der Waals surface area contributed by atoms with E-state index in [-0.39, 0.29) is 5.91 Å². The van der Waals surface area contributed by atoms with Crippen molar-refractivity contribution in [1.29, 1.82) is 0 Å².